The molecule has 1 aliphatic rings. The molecule has 0 amide bonds. The second-order valence-corrected chi connectivity index (χ2v) is 9.78. The number of carboxylic acids is 1. The molecule has 3 aromatic rings. The fourth-order valence-electron chi connectivity index (χ4n) is 4.77. The third kappa shape index (κ3) is 5.79. The molecule has 0 unspecified atom stereocenters. The van der Waals surface area contributed by atoms with Crippen molar-refractivity contribution in [3.8, 4) is 11.1 Å². The summed E-state index contributed by atoms with van der Waals surface area (Å²) in [4.78, 5) is 29.2. The number of aromatic carboxylic acids is 1. The number of hydrogen-bond acceptors (Lipinski definition) is 4. The predicted octanol–water partition coefficient (Wildman–Crippen LogP) is 6.04. The maximum Gasteiger partial charge on any atom is 0.336 e. The number of benzene rings is 2. The molecule has 34 heavy (non-hydrogen) atoms. The molecular weight excluding hydrogens is 426 g/mol. The zero-order valence-corrected chi connectivity index (χ0v) is 20.0. The van der Waals surface area contributed by atoms with Crippen LogP contribution in [0.1, 0.15) is 84.7 Å². The standard InChI is InChI=1S/C28H33N3O3/c1-19(2)18-31-26(29-27(30-31)25(32)16-20-8-4-3-5-9-20)17-21-12-14-22(15-13-21)23-10-6-7-11-24(23)28(33)34/h6-7,10-15,19-20H,3-5,8-9,16-18H2,1-2H3,(H,33,34). The fraction of sp³-hybridized carbons (Fsp3) is 0.429. The first kappa shape index (κ1) is 23.9. The number of aromatic nitrogens is 3. The van der Waals surface area contributed by atoms with Gasteiger partial charge >= 0.3 is 5.97 Å². The number of rotatable bonds is 9. The summed E-state index contributed by atoms with van der Waals surface area (Å²) in [6.45, 7) is 4.97. The summed E-state index contributed by atoms with van der Waals surface area (Å²) < 4.78 is 1.88. The molecule has 0 aliphatic heterocycles. The van der Waals surface area contributed by atoms with Crippen LogP contribution in [0.2, 0.25) is 0 Å². The normalized spacial score (nSPS) is 14.4. The number of carbonyl (C=O) groups is 2. The van der Waals surface area contributed by atoms with Gasteiger partial charge in [0.05, 0.1) is 5.56 Å². The Morgan fingerprint density at radius 3 is 2.41 bits per heavy atom. The van der Waals surface area contributed by atoms with Gasteiger partial charge in [0.25, 0.3) is 0 Å². The van der Waals surface area contributed by atoms with Crippen molar-refractivity contribution in [1.82, 2.24) is 14.8 Å². The Morgan fingerprint density at radius 2 is 1.74 bits per heavy atom. The largest absolute Gasteiger partial charge is 0.478 e. The molecule has 1 fully saturated rings. The van der Waals surface area contributed by atoms with E-state index < -0.39 is 5.97 Å². The molecule has 0 saturated heterocycles. The van der Waals surface area contributed by atoms with Crippen LogP contribution in [0.5, 0.6) is 0 Å². The number of Topliss-reactive ketones (excluding diaryl/α,β-unsaturated/α-hetero) is 1. The van der Waals surface area contributed by atoms with Crippen LogP contribution in [0, 0.1) is 11.8 Å². The first-order valence-electron chi connectivity index (χ1n) is 12.3. The van der Waals surface area contributed by atoms with Gasteiger partial charge in [0.1, 0.15) is 5.82 Å². The quantitative estimate of drug-likeness (QED) is 0.394. The van der Waals surface area contributed by atoms with Gasteiger partial charge in [0, 0.05) is 19.4 Å². The van der Waals surface area contributed by atoms with Crippen molar-refractivity contribution in [2.24, 2.45) is 11.8 Å². The molecule has 178 valence electrons. The molecule has 4 rings (SSSR count). The Hall–Kier alpha value is -3.28. The third-order valence-corrected chi connectivity index (χ3v) is 6.52. The van der Waals surface area contributed by atoms with E-state index in [0.29, 0.717) is 42.6 Å². The van der Waals surface area contributed by atoms with E-state index in [9.17, 15) is 14.7 Å². The molecule has 0 atom stereocenters. The highest BCUT2D eigenvalue weighted by molar-refractivity contribution is 5.96. The molecule has 6 heteroatoms. The minimum Gasteiger partial charge on any atom is -0.478 e. The van der Waals surface area contributed by atoms with Gasteiger partial charge in [-0.3, -0.25) is 4.79 Å². The van der Waals surface area contributed by atoms with Gasteiger partial charge in [-0.25, -0.2) is 14.5 Å². The van der Waals surface area contributed by atoms with Crippen LogP contribution >= 0.6 is 0 Å². The summed E-state index contributed by atoms with van der Waals surface area (Å²) in [6, 6.07) is 14.9. The van der Waals surface area contributed by atoms with Gasteiger partial charge in [0.2, 0.25) is 11.6 Å². The zero-order valence-electron chi connectivity index (χ0n) is 20.0. The molecule has 0 bridgehead atoms. The van der Waals surface area contributed by atoms with Crippen LogP contribution in [0.15, 0.2) is 48.5 Å². The Morgan fingerprint density at radius 1 is 1.03 bits per heavy atom. The second kappa shape index (κ2) is 10.8. The number of hydrogen-bond donors (Lipinski definition) is 1. The lowest BCUT2D eigenvalue weighted by atomic mass is 9.86. The lowest BCUT2D eigenvalue weighted by molar-refractivity contribution is 0.0697. The van der Waals surface area contributed by atoms with Crippen molar-refractivity contribution in [2.75, 3.05) is 0 Å². The second-order valence-electron chi connectivity index (χ2n) is 9.78. The van der Waals surface area contributed by atoms with Gasteiger partial charge < -0.3 is 5.11 Å². The van der Waals surface area contributed by atoms with Gasteiger partial charge in [-0.1, -0.05) is 88.4 Å². The van der Waals surface area contributed by atoms with E-state index in [1.165, 1.54) is 19.3 Å². The van der Waals surface area contributed by atoms with E-state index >= 15 is 0 Å². The summed E-state index contributed by atoms with van der Waals surface area (Å²) >= 11 is 0. The molecule has 1 aromatic heterocycles. The van der Waals surface area contributed by atoms with E-state index in [4.69, 9.17) is 0 Å². The SMILES string of the molecule is CC(C)Cn1nc(C(=O)CC2CCCCC2)nc1Cc1ccc(-c2ccccc2C(=O)O)cc1. The monoisotopic (exact) mass is 459 g/mol. The average Bonchev–Trinajstić information content (AvgIpc) is 3.22. The van der Waals surface area contributed by atoms with E-state index in [1.807, 2.05) is 41.1 Å². The van der Waals surface area contributed by atoms with Crippen molar-refractivity contribution < 1.29 is 14.7 Å². The smallest absolute Gasteiger partial charge is 0.336 e. The van der Waals surface area contributed by atoms with Gasteiger partial charge in [0.15, 0.2) is 0 Å². The summed E-state index contributed by atoms with van der Waals surface area (Å²) in [5, 5.41) is 14.1. The fourth-order valence-corrected chi connectivity index (χ4v) is 4.77. The van der Waals surface area contributed by atoms with Gasteiger partial charge in [-0.05, 0) is 34.6 Å². The van der Waals surface area contributed by atoms with Crippen LogP contribution in [0.3, 0.4) is 0 Å². The van der Waals surface area contributed by atoms with Gasteiger partial charge in [-0.15, -0.1) is 5.10 Å². The van der Waals surface area contributed by atoms with Crippen LogP contribution in [-0.2, 0) is 13.0 Å². The highest BCUT2D eigenvalue weighted by Gasteiger charge is 2.22. The van der Waals surface area contributed by atoms with Crippen molar-refractivity contribution >= 4 is 11.8 Å². The number of carbonyl (C=O) groups excluding carboxylic acids is 1. The lowest BCUT2D eigenvalue weighted by Gasteiger charge is -2.19. The minimum absolute atomic E-state index is 0.0521. The molecule has 1 aliphatic carbocycles. The van der Waals surface area contributed by atoms with Gasteiger partial charge in [-0.2, -0.15) is 0 Å². The highest BCUT2D eigenvalue weighted by atomic mass is 16.4. The van der Waals surface area contributed by atoms with E-state index in [1.54, 1.807) is 12.1 Å². The number of carboxylic acid groups (broad SMARTS) is 1. The van der Waals surface area contributed by atoms with Crippen LogP contribution in [0.25, 0.3) is 11.1 Å². The Bertz CT molecular complexity index is 1140. The summed E-state index contributed by atoms with van der Waals surface area (Å²) in [5.74, 6) is 1.09. The van der Waals surface area contributed by atoms with E-state index in [0.717, 1.165) is 29.8 Å². The number of nitrogens with zero attached hydrogens (tertiary/aromatic N) is 3. The maximum absolute atomic E-state index is 12.9. The molecule has 0 radical (unpaired) electrons. The average molecular weight is 460 g/mol. The maximum atomic E-state index is 12.9. The summed E-state index contributed by atoms with van der Waals surface area (Å²) in [7, 11) is 0. The highest BCUT2D eigenvalue weighted by Crippen LogP contribution is 2.28. The molecule has 1 heterocycles. The van der Waals surface area contributed by atoms with Crippen molar-refractivity contribution in [2.45, 2.75) is 65.3 Å². The van der Waals surface area contributed by atoms with Crippen LogP contribution in [0.4, 0.5) is 0 Å². The molecule has 2 aromatic carbocycles. The lowest BCUT2D eigenvalue weighted by Crippen LogP contribution is -2.14. The van der Waals surface area contributed by atoms with Crippen molar-refractivity contribution in [3.63, 3.8) is 0 Å². The molecular formula is C28H33N3O3. The minimum atomic E-state index is -0.938. The molecule has 1 N–H and O–H groups in total. The topological polar surface area (TPSA) is 85.1 Å². The van der Waals surface area contributed by atoms with Crippen LogP contribution in [-0.4, -0.2) is 31.6 Å². The zero-order chi connectivity index (χ0) is 24.1. The predicted molar refractivity (Wildman–Crippen MR) is 132 cm³/mol. The van der Waals surface area contributed by atoms with E-state index in [-0.39, 0.29) is 11.3 Å². The third-order valence-electron chi connectivity index (χ3n) is 6.52. The van der Waals surface area contributed by atoms with Crippen molar-refractivity contribution in [3.05, 3.63) is 71.3 Å². The Balaban J connectivity index is 1.53. The summed E-state index contributed by atoms with van der Waals surface area (Å²) in [5.41, 5.74) is 2.88. The van der Waals surface area contributed by atoms with E-state index in [2.05, 4.69) is 23.9 Å². The first-order valence-corrected chi connectivity index (χ1v) is 12.3. The Labute approximate surface area is 201 Å². The summed E-state index contributed by atoms with van der Waals surface area (Å²) in [6.07, 6.45) is 7.07. The van der Waals surface area contributed by atoms with Crippen molar-refractivity contribution in [1.29, 1.82) is 0 Å². The molecule has 0 spiro atoms. The number of ketones is 1. The first-order chi connectivity index (χ1) is 16.4. The molecule has 1 saturated carbocycles. The molecule has 6 nitrogen and oxygen atoms in total. The van der Waals surface area contributed by atoms with Crippen LogP contribution < -0.4 is 0 Å². The Kier molecular flexibility index (Phi) is 7.56.